The highest BCUT2D eigenvalue weighted by atomic mass is 35.5. The largest absolute Gasteiger partial charge is 0.335 e. The first-order valence-electron chi connectivity index (χ1n) is 6.13. The maximum Gasteiger partial charge on any atom is 0.152 e. The fourth-order valence-corrected chi connectivity index (χ4v) is 2.23. The van der Waals surface area contributed by atoms with Gasteiger partial charge in [0.1, 0.15) is 28.8 Å². The van der Waals surface area contributed by atoms with Gasteiger partial charge < -0.3 is 5.32 Å². The van der Waals surface area contributed by atoms with Crippen LogP contribution in [-0.4, -0.2) is 9.97 Å². The lowest BCUT2D eigenvalue weighted by atomic mass is 10.1. The molecule has 0 saturated carbocycles. The van der Waals surface area contributed by atoms with Crippen LogP contribution in [0.1, 0.15) is 30.9 Å². The van der Waals surface area contributed by atoms with Crippen molar-refractivity contribution in [1.82, 2.24) is 9.97 Å². The van der Waals surface area contributed by atoms with Crippen LogP contribution >= 0.6 is 11.6 Å². The highest BCUT2D eigenvalue weighted by molar-refractivity contribution is 6.30. The molecule has 0 aliphatic carbocycles. The van der Waals surface area contributed by atoms with Gasteiger partial charge in [-0.1, -0.05) is 31.5 Å². The van der Waals surface area contributed by atoms with Gasteiger partial charge in [0.25, 0.3) is 0 Å². The summed E-state index contributed by atoms with van der Waals surface area (Å²) < 4.78 is 27.8. The number of anilines is 2. The van der Waals surface area contributed by atoms with E-state index in [1.54, 1.807) is 6.92 Å². The Bertz CT molecular complexity index is 645. The van der Waals surface area contributed by atoms with E-state index in [1.807, 2.05) is 13.8 Å². The molecule has 1 aromatic carbocycles. The van der Waals surface area contributed by atoms with E-state index in [-0.39, 0.29) is 16.8 Å². The van der Waals surface area contributed by atoms with E-state index in [9.17, 15) is 8.78 Å². The predicted octanol–water partition coefficient (Wildman–Crippen LogP) is 4.58. The van der Waals surface area contributed by atoms with Crippen LogP contribution in [0, 0.1) is 18.6 Å². The molecule has 2 aromatic rings. The third kappa shape index (κ3) is 2.72. The van der Waals surface area contributed by atoms with Gasteiger partial charge >= 0.3 is 0 Å². The van der Waals surface area contributed by atoms with Gasteiger partial charge in [0.15, 0.2) is 5.82 Å². The summed E-state index contributed by atoms with van der Waals surface area (Å²) in [5.74, 6) is -1.00. The van der Waals surface area contributed by atoms with E-state index < -0.39 is 11.6 Å². The van der Waals surface area contributed by atoms with Crippen LogP contribution in [0.15, 0.2) is 18.5 Å². The molecule has 0 atom stereocenters. The first-order chi connectivity index (χ1) is 9.41. The summed E-state index contributed by atoms with van der Waals surface area (Å²) in [6.07, 6.45) is 1.25. The molecule has 1 heterocycles. The molecule has 0 unspecified atom stereocenters. The lowest BCUT2D eigenvalue weighted by Crippen LogP contribution is -2.06. The number of nitrogens with zero attached hydrogens (tertiary/aromatic N) is 2. The summed E-state index contributed by atoms with van der Waals surface area (Å²) in [5.41, 5.74) is 0.733. The number of nitrogens with one attached hydrogen (secondary N) is 1. The minimum Gasteiger partial charge on any atom is -0.335 e. The quantitative estimate of drug-likeness (QED) is 0.842. The number of aromatic nitrogens is 2. The predicted molar refractivity (Wildman–Crippen MR) is 75.5 cm³/mol. The molecule has 0 amide bonds. The topological polar surface area (TPSA) is 37.8 Å². The van der Waals surface area contributed by atoms with Crippen molar-refractivity contribution in [3.8, 4) is 0 Å². The fourth-order valence-electron chi connectivity index (χ4n) is 1.87. The van der Waals surface area contributed by atoms with Crippen molar-refractivity contribution in [2.75, 3.05) is 5.32 Å². The van der Waals surface area contributed by atoms with Gasteiger partial charge in [-0.05, 0) is 24.5 Å². The fraction of sp³-hybridized carbons (Fsp3) is 0.286. The third-order valence-electron chi connectivity index (χ3n) is 2.94. The second-order valence-corrected chi connectivity index (χ2v) is 5.12. The van der Waals surface area contributed by atoms with E-state index in [0.717, 1.165) is 0 Å². The third-order valence-corrected chi connectivity index (χ3v) is 3.24. The first-order valence-corrected chi connectivity index (χ1v) is 6.51. The zero-order valence-electron chi connectivity index (χ0n) is 11.3. The zero-order chi connectivity index (χ0) is 14.9. The van der Waals surface area contributed by atoms with E-state index >= 15 is 0 Å². The Labute approximate surface area is 121 Å². The van der Waals surface area contributed by atoms with E-state index in [4.69, 9.17) is 11.6 Å². The molecule has 6 heteroatoms. The van der Waals surface area contributed by atoms with Crippen molar-refractivity contribution in [3.05, 3.63) is 46.4 Å². The van der Waals surface area contributed by atoms with Crippen LogP contribution in [0.25, 0.3) is 0 Å². The number of halogens is 3. The molecular formula is C14H14ClF2N3. The summed E-state index contributed by atoms with van der Waals surface area (Å²) in [7, 11) is 0. The molecule has 0 fully saturated rings. The molecule has 106 valence electrons. The van der Waals surface area contributed by atoms with Crippen LogP contribution in [0.5, 0.6) is 0 Å². The van der Waals surface area contributed by atoms with Crippen molar-refractivity contribution in [1.29, 1.82) is 0 Å². The Morgan fingerprint density at radius 1 is 1.20 bits per heavy atom. The van der Waals surface area contributed by atoms with Gasteiger partial charge in [-0.2, -0.15) is 0 Å². The molecule has 0 aliphatic heterocycles. The van der Waals surface area contributed by atoms with Gasteiger partial charge in [-0.25, -0.2) is 18.7 Å². The Morgan fingerprint density at radius 3 is 2.55 bits per heavy atom. The standard InChI is InChI=1S/C14H14ClF2N3/c1-7(2)10-13(15)18-6-19-14(10)20-12-9(16)5-4-8(3)11(12)17/h4-7H,1-3H3,(H,18,19,20). The van der Waals surface area contributed by atoms with Crippen LogP contribution in [-0.2, 0) is 0 Å². The molecule has 0 bridgehead atoms. The summed E-state index contributed by atoms with van der Waals surface area (Å²) in [4.78, 5) is 7.92. The molecule has 1 N–H and O–H groups in total. The van der Waals surface area contributed by atoms with Crippen LogP contribution < -0.4 is 5.32 Å². The van der Waals surface area contributed by atoms with Gasteiger partial charge in [0, 0.05) is 5.56 Å². The normalized spacial score (nSPS) is 10.9. The Morgan fingerprint density at radius 2 is 1.90 bits per heavy atom. The van der Waals surface area contributed by atoms with Gasteiger partial charge in [-0.15, -0.1) is 0 Å². The summed E-state index contributed by atoms with van der Waals surface area (Å²) in [6.45, 7) is 5.37. The summed E-state index contributed by atoms with van der Waals surface area (Å²) >= 11 is 6.02. The zero-order valence-corrected chi connectivity index (χ0v) is 12.1. The van der Waals surface area contributed by atoms with Gasteiger partial charge in [0.05, 0.1) is 0 Å². The average Bonchev–Trinajstić information content (AvgIpc) is 2.39. The molecule has 2 rings (SSSR count). The second-order valence-electron chi connectivity index (χ2n) is 4.76. The molecular weight excluding hydrogens is 284 g/mol. The Hall–Kier alpha value is -1.75. The van der Waals surface area contributed by atoms with Crippen molar-refractivity contribution < 1.29 is 8.78 Å². The molecule has 1 aromatic heterocycles. The maximum absolute atomic E-state index is 14.0. The maximum atomic E-state index is 14.0. The number of aryl methyl sites for hydroxylation is 1. The van der Waals surface area contributed by atoms with E-state index in [2.05, 4.69) is 15.3 Å². The van der Waals surface area contributed by atoms with Gasteiger partial charge in [0.2, 0.25) is 0 Å². The number of hydrogen-bond acceptors (Lipinski definition) is 3. The van der Waals surface area contributed by atoms with E-state index in [1.165, 1.54) is 18.5 Å². The average molecular weight is 298 g/mol. The smallest absolute Gasteiger partial charge is 0.152 e. The van der Waals surface area contributed by atoms with Crippen molar-refractivity contribution >= 4 is 23.1 Å². The lowest BCUT2D eigenvalue weighted by Gasteiger charge is -2.15. The molecule has 0 spiro atoms. The number of hydrogen-bond donors (Lipinski definition) is 1. The molecule has 0 aliphatic rings. The monoisotopic (exact) mass is 297 g/mol. The van der Waals surface area contributed by atoms with E-state index in [0.29, 0.717) is 16.9 Å². The summed E-state index contributed by atoms with van der Waals surface area (Å²) in [6, 6.07) is 2.59. The van der Waals surface area contributed by atoms with Crippen LogP contribution in [0.2, 0.25) is 5.15 Å². The van der Waals surface area contributed by atoms with Crippen molar-refractivity contribution in [3.63, 3.8) is 0 Å². The first kappa shape index (κ1) is 14.7. The molecule has 0 radical (unpaired) electrons. The molecule has 3 nitrogen and oxygen atoms in total. The lowest BCUT2D eigenvalue weighted by molar-refractivity contribution is 0.584. The number of benzene rings is 1. The van der Waals surface area contributed by atoms with Gasteiger partial charge in [-0.3, -0.25) is 0 Å². The molecule has 20 heavy (non-hydrogen) atoms. The molecule has 0 saturated heterocycles. The van der Waals surface area contributed by atoms with Crippen molar-refractivity contribution in [2.45, 2.75) is 26.7 Å². The van der Waals surface area contributed by atoms with Crippen LogP contribution in [0.3, 0.4) is 0 Å². The highest BCUT2D eigenvalue weighted by Gasteiger charge is 2.17. The Kier molecular flexibility index (Phi) is 4.18. The summed E-state index contributed by atoms with van der Waals surface area (Å²) in [5, 5.41) is 2.96. The minimum absolute atomic E-state index is 0.0159. The minimum atomic E-state index is -0.683. The Balaban J connectivity index is 2.51. The van der Waals surface area contributed by atoms with Crippen molar-refractivity contribution in [2.24, 2.45) is 0 Å². The number of rotatable bonds is 3. The SMILES string of the molecule is Cc1ccc(F)c(Nc2ncnc(Cl)c2C(C)C)c1F. The van der Waals surface area contributed by atoms with Crippen LogP contribution in [0.4, 0.5) is 20.3 Å². The highest BCUT2D eigenvalue weighted by Crippen LogP contribution is 2.32. The second kappa shape index (κ2) is 5.71.